The second-order valence-corrected chi connectivity index (χ2v) is 13.5. The molecule has 9 aromatic carbocycles. The summed E-state index contributed by atoms with van der Waals surface area (Å²) >= 11 is 0. The van der Waals surface area contributed by atoms with Crippen molar-refractivity contribution in [3.05, 3.63) is 182 Å². The van der Waals surface area contributed by atoms with Crippen molar-refractivity contribution < 1.29 is 0 Å². The Morgan fingerprint density at radius 1 is 0.353 bits per heavy atom. The highest BCUT2D eigenvalue weighted by Crippen LogP contribution is 2.45. The first-order valence-corrected chi connectivity index (χ1v) is 17.6. The van der Waals surface area contributed by atoms with Gasteiger partial charge in [0.1, 0.15) is 5.82 Å². The molecule has 0 spiro atoms. The number of pyridine rings is 1. The topological polar surface area (TPSA) is 17.8 Å². The molecule has 0 atom stereocenters. The molecule has 0 radical (unpaired) electrons. The van der Waals surface area contributed by atoms with Crippen LogP contribution in [-0.2, 0) is 0 Å². The standard InChI is InChI=1S/C49H30N2/c1-2-14-31(15-3-1)34-29-44(43-28-33-17-5-6-18-35(33)37-20-8-9-21-38(37)43)50-46(30-34)51-45-25-13-12-24-42(45)48-47-36-19-7-4-16-32(36)26-27-40(47)39-22-10-11-23-41(39)49(48)51/h1-30H. The summed E-state index contributed by atoms with van der Waals surface area (Å²) in [7, 11) is 0. The number of hydrogen-bond donors (Lipinski definition) is 0. The fourth-order valence-corrected chi connectivity index (χ4v) is 8.51. The normalized spacial score (nSPS) is 11.9. The van der Waals surface area contributed by atoms with Gasteiger partial charge in [0.2, 0.25) is 0 Å². The minimum atomic E-state index is 0.902. The molecule has 0 aliphatic heterocycles. The zero-order valence-electron chi connectivity index (χ0n) is 27.7. The second-order valence-electron chi connectivity index (χ2n) is 13.5. The summed E-state index contributed by atoms with van der Waals surface area (Å²) in [5.74, 6) is 0.902. The monoisotopic (exact) mass is 646 g/mol. The first kappa shape index (κ1) is 28.1. The minimum Gasteiger partial charge on any atom is -0.293 e. The van der Waals surface area contributed by atoms with Gasteiger partial charge in [-0.3, -0.25) is 4.57 Å². The van der Waals surface area contributed by atoms with E-state index in [2.05, 4.69) is 187 Å². The summed E-state index contributed by atoms with van der Waals surface area (Å²) in [4.78, 5) is 5.64. The van der Waals surface area contributed by atoms with Crippen molar-refractivity contribution >= 4 is 75.7 Å². The van der Waals surface area contributed by atoms with E-state index in [4.69, 9.17) is 4.98 Å². The average Bonchev–Trinajstić information content (AvgIpc) is 3.56. The van der Waals surface area contributed by atoms with E-state index in [1.165, 1.54) is 70.2 Å². The van der Waals surface area contributed by atoms with Crippen LogP contribution in [0.2, 0.25) is 0 Å². The highest BCUT2D eigenvalue weighted by atomic mass is 15.1. The molecular formula is C49H30N2. The van der Waals surface area contributed by atoms with Crippen molar-refractivity contribution in [3.8, 4) is 28.2 Å². The van der Waals surface area contributed by atoms with Gasteiger partial charge in [0.15, 0.2) is 0 Å². The smallest absolute Gasteiger partial charge is 0.138 e. The van der Waals surface area contributed by atoms with E-state index >= 15 is 0 Å². The van der Waals surface area contributed by atoms with Crippen LogP contribution in [0.1, 0.15) is 0 Å². The van der Waals surface area contributed by atoms with Crippen LogP contribution in [0.25, 0.3) is 104 Å². The molecule has 0 saturated carbocycles. The molecule has 0 amide bonds. The molecule has 0 N–H and O–H groups in total. The maximum Gasteiger partial charge on any atom is 0.138 e. The quantitative estimate of drug-likeness (QED) is 0.175. The molecular weight excluding hydrogens is 617 g/mol. The number of nitrogens with zero attached hydrogens (tertiary/aromatic N) is 2. The van der Waals surface area contributed by atoms with E-state index in [9.17, 15) is 0 Å². The molecule has 51 heavy (non-hydrogen) atoms. The number of rotatable bonds is 3. The molecule has 236 valence electrons. The summed E-state index contributed by atoms with van der Waals surface area (Å²) in [5.41, 5.74) is 6.71. The zero-order chi connectivity index (χ0) is 33.5. The Labute approximate surface area is 294 Å². The van der Waals surface area contributed by atoms with Crippen LogP contribution in [0.4, 0.5) is 0 Å². The average molecular weight is 647 g/mol. The van der Waals surface area contributed by atoms with Gasteiger partial charge in [0.05, 0.1) is 16.7 Å². The van der Waals surface area contributed by atoms with E-state index in [0.717, 1.165) is 33.7 Å². The highest BCUT2D eigenvalue weighted by molar-refractivity contribution is 6.36. The lowest BCUT2D eigenvalue weighted by atomic mass is 9.93. The Morgan fingerprint density at radius 3 is 1.76 bits per heavy atom. The van der Waals surface area contributed by atoms with Gasteiger partial charge in [0.25, 0.3) is 0 Å². The zero-order valence-corrected chi connectivity index (χ0v) is 27.7. The number of benzene rings is 9. The van der Waals surface area contributed by atoms with Gasteiger partial charge in [-0.05, 0) is 78.5 Å². The van der Waals surface area contributed by atoms with Gasteiger partial charge < -0.3 is 0 Å². The Hall–Kier alpha value is -6.77. The molecule has 2 aromatic heterocycles. The van der Waals surface area contributed by atoms with Gasteiger partial charge in [-0.1, -0.05) is 158 Å². The molecule has 0 bridgehead atoms. The third-order valence-electron chi connectivity index (χ3n) is 10.7. The molecule has 2 heterocycles. The maximum atomic E-state index is 5.64. The molecule has 0 aliphatic rings. The van der Waals surface area contributed by atoms with Crippen molar-refractivity contribution in [3.63, 3.8) is 0 Å². The SMILES string of the molecule is c1ccc(-c2cc(-c3cc4ccccc4c4ccccc34)nc(-n3c4ccccc4c4c5c6ccccc6ccc5c5ccccc5c43)c2)cc1. The summed E-state index contributed by atoms with van der Waals surface area (Å²) in [6, 6.07) is 66.1. The lowest BCUT2D eigenvalue weighted by molar-refractivity contribution is 1.09. The largest absolute Gasteiger partial charge is 0.293 e. The fourth-order valence-electron chi connectivity index (χ4n) is 8.51. The van der Waals surface area contributed by atoms with Gasteiger partial charge >= 0.3 is 0 Å². The van der Waals surface area contributed by atoms with Crippen LogP contribution in [0.15, 0.2) is 182 Å². The van der Waals surface area contributed by atoms with Crippen molar-refractivity contribution in [2.75, 3.05) is 0 Å². The molecule has 11 rings (SSSR count). The molecule has 0 unspecified atom stereocenters. The van der Waals surface area contributed by atoms with Gasteiger partial charge in [-0.25, -0.2) is 4.98 Å². The van der Waals surface area contributed by atoms with Crippen LogP contribution in [0.5, 0.6) is 0 Å². The third-order valence-corrected chi connectivity index (χ3v) is 10.7. The predicted octanol–water partition coefficient (Wildman–Crippen LogP) is 13.3. The van der Waals surface area contributed by atoms with Crippen LogP contribution in [-0.4, -0.2) is 9.55 Å². The summed E-state index contributed by atoms with van der Waals surface area (Å²) < 4.78 is 2.42. The highest BCUT2D eigenvalue weighted by Gasteiger charge is 2.22. The molecule has 0 saturated heterocycles. The third kappa shape index (κ3) is 4.14. The molecule has 11 aromatic rings. The Kier molecular flexibility index (Phi) is 5.99. The number of aromatic nitrogens is 2. The molecule has 0 fully saturated rings. The number of hydrogen-bond acceptors (Lipinski definition) is 1. The van der Waals surface area contributed by atoms with Crippen LogP contribution in [0, 0.1) is 0 Å². The molecule has 0 aliphatic carbocycles. The van der Waals surface area contributed by atoms with Gasteiger partial charge in [-0.15, -0.1) is 0 Å². The van der Waals surface area contributed by atoms with E-state index in [1.54, 1.807) is 0 Å². The molecule has 2 heteroatoms. The van der Waals surface area contributed by atoms with Crippen LogP contribution < -0.4 is 0 Å². The summed E-state index contributed by atoms with van der Waals surface area (Å²) in [6.07, 6.45) is 0. The first-order valence-electron chi connectivity index (χ1n) is 17.6. The van der Waals surface area contributed by atoms with Crippen molar-refractivity contribution in [1.82, 2.24) is 9.55 Å². The fraction of sp³-hybridized carbons (Fsp3) is 0. The predicted molar refractivity (Wildman–Crippen MR) is 217 cm³/mol. The molecule has 2 nitrogen and oxygen atoms in total. The summed E-state index contributed by atoms with van der Waals surface area (Å²) in [6.45, 7) is 0. The van der Waals surface area contributed by atoms with Crippen molar-refractivity contribution in [2.24, 2.45) is 0 Å². The van der Waals surface area contributed by atoms with Gasteiger partial charge in [0, 0.05) is 27.1 Å². The van der Waals surface area contributed by atoms with E-state index < -0.39 is 0 Å². The first-order chi connectivity index (χ1) is 25.3. The lowest BCUT2D eigenvalue weighted by Crippen LogP contribution is -2.01. The lowest BCUT2D eigenvalue weighted by Gasteiger charge is -2.16. The summed E-state index contributed by atoms with van der Waals surface area (Å²) in [5, 5.41) is 14.9. The van der Waals surface area contributed by atoms with Crippen LogP contribution >= 0.6 is 0 Å². The van der Waals surface area contributed by atoms with E-state index in [1.807, 2.05) is 0 Å². The van der Waals surface area contributed by atoms with E-state index in [0.29, 0.717) is 0 Å². The Morgan fingerprint density at radius 2 is 0.961 bits per heavy atom. The van der Waals surface area contributed by atoms with Crippen molar-refractivity contribution in [2.45, 2.75) is 0 Å². The minimum absolute atomic E-state index is 0.902. The van der Waals surface area contributed by atoms with E-state index in [-0.39, 0.29) is 0 Å². The Bertz CT molecular complexity index is 3190. The Balaban J connectivity index is 1.33. The number of fused-ring (bicyclic) bond motifs is 13. The maximum absolute atomic E-state index is 5.64. The second kappa shape index (κ2) is 10.9. The van der Waals surface area contributed by atoms with Crippen molar-refractivity contribution in [1.29, 1.82) is 0 Å². The van der Waals surface area contributed by atoms with Gasteiger partial charge in [-0.2, -0.15) is 0 Å². The number of para-hydroxylation sites is 1. The van der Waals surface area contributed by atoms with Crippen LogP contribution in [0.3, 0.4) is 0 Å².